The monoisotopic (exact) mass is 366 g/mol. The predicted molar refractivity (Wildman–Crippen MR) is 108 cm³/mol. The first-order valence-corrected chi connectivity index (χ1v) is 9.63. The van der Waals surface area contributed by atoms with Gasteiger partial charge in [0.2, 0.25) is 0 Å². The number of rotatable bonds is 5. The highest BCUT2D eigenvalue weighted by molar-refractivity contribution is 5.77. The van der Waals surface area contributed by atoms with E-state index in [0.717, 1.165) is 17.5 Å². The molecule has 1 aliphatic rings. The van der Waals surface area contributed by atoms with E-state index < -0.39 is 11.1 Å². The van der Waals surface area contributed by atoms with E-state index in [0.29, 0.717) is 13.0 Å². The fourth-order valence-electron chi connectivity index (χ4n) is 4.09. The molecule has 2 aromatic carbocycles. The van der Waals surface area contributed by atoms with Gasteiger partial charge in [-0.2, -0.15) is 0 Å². The third kappa shape index (κ3) is 4.33. The lowest BCUT2D eigenvalue weighted by Crippen LogP contribution is -2.60. The number of carbonyl (C=O) groups is 1. The van der Waals surface area contributed by atoms with Crippen molar-refractivity contribution in [1.82, 2.24) is 10.2 Å². The third-order valence-corrected chi connectivity index (χ3v) is 5.47. The molecule has 4 nitrogen and oxygen atoms in total. The first-order valence-electron chi connectivity index (χ1n) is 9.63. The minimum atomic E-state index is -0.881. The van der Waals surface area contributed by atoms with Crippen molar-refractivity contribution < 1.29 is 9.90 Å². The van der Waals surface area contributed by atoms with Gasteiger partial charge in [-0.25, -0.2) is 4.79 Å². The molecule has 0 bridgehead atoms. The predicted octanol–water partition coefficient (Wildman–Crippen LogP) is 4.53. The Balaban J connectivity index is 1.85. The maximum absolute atomic E-state index is 13.1. The molecule has 2 atom stereocenters. The van der Waals surface area contributed by atoms with Gasteiger partial charge in [0.05, 0.1) is 17.2 Å². The van der Waals surface area contributed by atoms with Crippen LogP contribution in [0.1, 0.15) is 56.3 Å². The summed E-state index contributed by atoms with van der Waals surface area (Å²) in [5.74, 6) is 0. The summed E-state index contributed by atoms with van der Waals surface area (Å²) >= 11 is 0. The first kappa shape index (κ1) is 19.4. The molecule has 3 rings (SSSR count). The average Bonchev–Trinajstić information content (AvgIpc) is 2.61. The minimum Gasteiger partial charge on any atom is -0.390 e. The molecule has 1 aliphatic heterocycles. The molecule has 0 unspecified atom stereocenters. The summed E-state index contributed by atoms with van der Waals surface area (Å²) in [7, 11) is 0. The van der Waals surface area contributed by atoms with Crippen molar-refractivity contribution in [2.24, 2.45) is 0 Å². The van der Waals surface area contributed by atoms with Gasteiger partial charge >= 0.3 is 6.03 Å². The van der Waals surface area contributed by atoms with Gasteiger partial charge in [-0.15, -0.1) is 0 Å². The molecule has 0 aromatic heterocycles. The molecule has 4 heteroatoms. The number of nitrogens with zero attached hydrogens (tertiary/aromatic N) is 1. The van der Waals surface area contributed by atoms with Crippen LogP contribution in [-0.2, 0) is 5.54 Å². The van der Waals surface area contributed by atoms with Crippen LogP contribution in [-0.4, -0.2) is 28.2 Å². The van der Waals surface area contributed by atoms with Crippen LogP contribution >= 0.6 is 0 Å². The maximum atomic E-state index is 13.1. The van der Waals surface area contributed by atoms with Crippen molar-refractivity contribution in [2.45, 2.75) is 57.7 Å². The second kappa shape index (κ2) is 7.35. The van der Waals surface area contributed by atoms with Gasteiger partial charge in [-0.05, 0) is 45.2 Å². The highest BCUT2D eigenvalue weighted by atomic mass is 16.3. The Morgan fingerprint density at radius 3 is 2.33 bits per heavy atom. The summed E-state index contributed by atoms with van der Waals surface area (Å²) in [6.45, 7) is 8.37. The van der Waals surface area contributed by atoms with Crippen LogP contribution in [0.15, 0.2) is 54.6 Å². The van der Waals surface area contributed by atoms with E-state index in [1.165, 1.54) is 5.56 Å². The summed E-state index contributed by atoms with van der Waals surface area (Å²) in [6, 6.07) is 18.3. The van der Waals surface area contributed by atoms with Gasteiger partial charge in [-0.1, -0.05) is 60.2 Å². The molecule has 1 saturated heterocycles. The van der Waals surface area contributed by atoms with E-state index in [4.69, 9.17) is 0 Å². The Hall–Kier alpha value is -2.33. The molecular formula is C23H30N2O2. The lowest BCUT2D eigenvalue weighted by atomic mass is 9.77. The molecular weight excluding hydrogens is 336 g/mol. The van der Waals surface area contributed by atoms with Crippen LogP contribution in [0.4, 0.5) is 4.79 Å². The van der Waals surface area contributed by atoms with Crippen molar-refractivity contribution in [3.63, 3.8) is 0 Å². The van der Waals surface area contributed by atoms with E-state index in [-0.39, 0.29) is 12.1 Å². The number of amides is 2. The first-order chi connectivity index (χ1) is 12.7. The van der Waals surface area contributed by atoms with Crippen LogP contribution in [0.2, 0.25) is 0 Å². The zero-order valence-electron chi connectivity index (χ0n) is 16.7. The average molecular weight is 367 g/mol. The second-order valence-electron chi connectivity index (χ2n) is 8.40. The van der Waals surface area contributed by atoms with Crippen molar-refractivity contribution in [3.05, 3.63) is 71.3 Å². The number of carbonyl (C=O) groups excluding carboxylic acids is 1. The van der Waals surface area contributed by atoms with Gasteiger partial charge in [0, 0.05) is 13.0 Å². The van der Waals surface area contributed by atoms with E-state index in [2.05, 4.69) is 43.4 Å². The zero-order valence-corrected chi connectivity index (χ0v) is 16.7. The second-order valence-corrected chi connectivity index (χ2v) is 8.40. The number of hydrogen-bond donors (Lipinski definition) is 2. The topological polar surface area (TPSA) is 52.6 Å². The third-order valence-electron chi connectivity index (χ3n) is 5.47. The molecule has 0 saturated carbocycles. The van der Waals surface area contributed by atoms with Crippen molar-refractivity contribution in [1.29, 1.82) is 0 Å². The van der Waals surface area contributed by atoms with Crippen molar-refractivity contribution in [2.75, 3.05) is 6.54 Å². The van der Waals surface area contributed by atoms with Crippen LogP contribution in [0.5, 0.6) is 0 Å². The number of benzene rings is 2. The standard InChI is InChI=1S/C23H30N2O2/c1-17-10-12-19(13-11-17)18(2)25-15-14-23(24-21(25)26,16-22(3,4)27)20-8-6-5-7-9-20/h5-13,18,27H,14-16H2,1-4H3,(H,24,26)/t18-,23-/m0/s1. The molecule has 2 aromatic rings. The minimum absolute atomic E-state index is 0.00140. The fourth-order valence-corrected chi connectivity index (χ4v) is 4.09. The van der Waals surface area contributed by atoms with E-state index in [9.17, 15) is 9.90 Å². The molecule has 27 heavy (non-hydrogen) atoms. The van der Waals surface area contributed by atoms with E-state index in [1.54, 1.807) is 13.8 Å². The summed E-state index contributed by atoms with van der Waals surface area (Å²) in [6.07, 6.45) is 1.23. The number of urea groups is 1. The number of nitrogens with one attached hydrogen (secondary N) is 1. The molecule has 0 aliphatic carbocycles. The largest absolute Gasteiger partial charge is 0.390 e. The fraction of sp³-hybridized carbons (Fsp3) is 0.435. The highest BCUT2D eigenvalue weighted by Crippen LogP contribution is 2.38. The summed E-state index contributed by atoms with van der Waals surface area (Å²) in [5.41, 5.74) is 1.95. The van der Waals surface area contributed by atoms with Gasteiger partial charge in [0.25, 0.3) is 0 Å². The maximum Gasteiger partial charge on any atom is 0.318 e. The van der Waals surface area contributed by atoms with Crippen molar-refractivity contribution >= 4 is 6.03 Å². The summed E-state index contributed by atoms with van der Waals surface area (Å²) in [5, 5.41) is 13.7. The quantitative estimate of drug-likeness (QED) is 0.817. The molecule has 144 valence electrons. The van der Waals surface area contributed by atoms with E-state index >= 15 is 0 Å². The van der Waals surface area contributed by atoms with Crippen LogP contribution < -0.4 is 5.32 Å². The van der Waals surface area contributed by atoms with Crippen LogP contribution in [0.25, 0.3) is 0 Å². The van der Waals surface area contributed by atoms with Gasteiger partial charge in [-0.3, -0.25) is 0 Å². The molecule has 0 spiro atoms. The normalized spacial score (nSPS) is 21.7. The SMILES string of the molecule is Cc1ccc([C@H](C)N2CC[C@](CC(C)(C)O)(c3ccccc3)NC2=O)cc1. The van der Waals surface area contributed by atoms with E-state index in [1.807, 2.05) is 35.2 Å². The smallest absolute Gasteiger partial charge is 0.318 e. The number of hydrogen-bond acceptors (Lipinski definition) is 2. The summed E-state index contributed by atoms with van der Waals surface area (Å²) < 4.78 is 0. The molecule has 1 fully saturated rings. The van der Waals surface area contributed by atoms with Gasteiger partial charge in [0.1, 0.15) is 0 Å². The molecule has 2 N–H and O–H groups in total. The van der Waals surface area contributed by atoms with Gasteiger partial charge in [0.15, 0.2) is 0 Å². The number of aliphatic hydroxyl groups is 1. The van der Waals surface area contributed by atoms with Gasteiger partial charge < -0.3 is 15.3 Å². The highest BCUT2D eigenvalue weighted by Gasteiger charge is 2.43. The Bertz CT molecular complexity index is 780. The van der Waals surface area contributed by atoms with Crippen molar-refractivity contribution in [3.8, 4) is 0 Å². The van der Waals surface area contributed by atoms with Crippen LogP contribution in [0, 0.1) is 6.92 Å². The molecule has 2 amide bonds. The van der Waals surface area contributed by atoms with Crippen LogP contribution in [0.3, 0.4) is 0 Å². The summed E-state index contributed by atoms with van der Waals surface area (Å²) in [4.78, 5) is 15.0. The molecule has 0 radical (unpaired) electrons. The zero-order chi connectivity index (χ0) is 19.7. The molecule has 1 heterocycles. The Morgan fingerprint density at radius 1 is 1.15 bits per heavy atom. The Labute approximate surface area is 162 Å². The Morgan fingerprint density at radius 2 is 1.78 bits per heavy atom. The Kier molecular flexibility index (Phi) is 5.29. The lowest BCUT2D eigenvalue weighted by Gasteiger charge is -2.47. The number of aryl methyl sites for hydroxylation is 1. The lowest BCUT2D eigenvalue weighted by molar-refractivity contribution is 0.0221.